The molecule has 1 amide bonds. The Hall–Kier alpha value is -1.76. The lowest BCUT2D eigenvalue weighted by Crippen LogP contribution is -2.39. The Kier molecular flexibility index (Phi) is 5.38. The molecule has 0 radical (unpaired) electrons. The molecule has 0 aliphatic rings. The summed E-state index contributed by atoms with van der Waals surface area (Å²) in [6.07, 6.45) is 0.418. The van der Waals surface area contributed by atoms with Crippen molar-refractivity contribution in [3.63, 3.8) is 0 Å². The molecule has 0 bridgehead atoms. The van der Waals surface area contributed by atoms with Gasteiger partial charge in [0.1, 0.15) is 11.0 Å². The van der Waals surface area contributed by atoms with E-state index in [1.54, 1.807) is 52.1 Å². The average molecular weight is 297 g/mol. The van der Waals surface area contributed by atoms with Crippen molar-refractivity contribution in [2.24, 2.45) is 4.40 Å². The number of nitrogens with zero attached hydrogens (tertiary/aromatic N) is 2. The van der Waals surface area contributed by atoms with Crippen molar-refractivity contribution >= 4 is 22.8 Å². The molecule has 0 fully saturated rings. The number of amides is 1. The van der Waals surface area contributed by atoms with E-state index < -0.39 is 27.9 Å². The number of rotatable bonds is 4. The molecule has 2 atom stereocenters. The van der Waals surface area contributed by atoms with Gasteiger partial charge >= 0.3 is 6.09 Å². The molecule has 1 aromatic heterocycles. The predicted molar refractivity (Wildman–Crippen MR) is 79.3 cm³/mol. The summed E-state index contributed by atoms with van der Waals surface area (Å²) in [7, 11) is -1.49. The molecule has 1 unspecified atom stereocenters. The van der Waals surface area contributed by atoms with Crippen LogP contribution in [0.4, 0.5) is 4.79 Å². The maximum absolute atomic E-state index is 12.2. The Balaban J connectivity index is 3.18. The normalized spacial score (nSPS) is 15.5. The molecular formula is C13H19N3O3S. The van der Waals surface area contributed by atoms with Crippen LogP contribution in [0.15, 0.2) is 28.8 Å². The highest BCUT2D eigenvalue weighted by Crippen LogP contribution is 2.14. The largest absolute Gasteiger partial charge is 0.465 e. The first-order valence-corrected chi connectivity index (χ1v) is 7.24. The molecule has 7 heteroatoms. The second-order valence-electron chi connectivity index (χ2n) is 5.22. The molecule has 0 saturated carbocycles. The van der Waals surface area contributed by atoms with Gasteiger partial charge in [0.2, 0.25) is 0 Å². The fraction of sp³-hybridized carbons (Fsp3) is 0.462. The summed E-state index contributed by atoms with van der Waals surface area (Å²) in [5.74, 6) is 0. The Bertz CT molecular complexity index is 523. The first-order chi connectivity index (χ1) is 9.21. The van der Waals surface area contributed by atoms with Crippen molar-refractivity contribution in [1.82, 2.24) is 10.3 Å². The van der Waals surface area contributed by atoms with E-state index in [1.807, 2.05) is 0 Å². The van der Waals surface area contributed by atoms with Gasteiger partial charge in [-0.25, -0.2) is 9.00 Å². The highest BCUT2D eigenvalue weighted by molar-refractivity contribution is 7.85. The van der Waals surface area contributed by atoms with E-state index >= 15 is 0 Å². The van der Waals surface area contributed by atoms with Gasteiger partial charge in [-0.1, -0.05) is 6.07 Å². The van der Waals surface area contributed by atoms with Gasteiger partial charge in [0, 0.05) is 6.20 Å². The van der Waals surface area contributed by atoms with E-state index in [1.165, 1.54) is 0 Å². The van der Waals surface area contributed by atoms with E-state index in [2.05, 4.69) is 14.7 Å². The fourth-order valence-corrected chi connectivity index (χ4v) is 2.05. The minimum atomic E-state index is -1.49. The second-order valence-corrected chi connectivity index (χ2v) is 7.13. The zero-order chi connectivity index (χ0) is 15.3. The van der Waals surface area contributed by atoms with Crippen LogP contribution in [0, 0.1) is 0 Å². The molecule has 0 spiro atoms. The third-order valence-corrected chi connectivity index (χ3v) is 3.79. The van der Waals surface area contributed by atoms with Crippen LogP contribution in [0.25, 0.3) is 0 Å². The molecule has 0 saturated heterocycles. The van der Waals surface area contributed by atoms with Gasteiger partial charge in [-0.3, -0.25) is 4.98 Å². The van der Waals surface area contributed by atoms with E-state index in [0.29, 0.717) is 11.4 Å². The highest BCUT2D eigenvalue weighted by atomic mass is 32.2. The third-order valence-electron chi connectivity index (χ3n) is 2.38. The smallest absolute Gasteiger partial charge is 0.405 e. The molecule has 6 nitrogen and oxygen atoms in total. The second kappa shape index (κ2) is 6.60. The Morgan fingerprint density at radius 1 is 1.45 bits per heavy atom. The summed E-state index contributed by atoms with van der Waals surface area (Å²) in [4.78, 5) is 14.9. The maximum Gasteiger partial charge on any atom is 0.405 e. The summed E-state index contributed by atoms with van der Waals surface area (Å²) in [5, 5.41) is 11.1. The molecule has 110 valence electrons. The molecule has 1 heterocycles. The lowest BCUT2D eigenvalue weighted by atomic mass is 10.1. The van der Waals surface area contributed by atoms with E-state index in [9.17, 15) is 9.00 Å². The molecular weight excluding hydrogens is 278 g/mol. The van der Waals surface area contributed by atoms with Gasteiger partial charge in [-0.05, 0) is 39.8 Å². The predicted octanol–water partition coefficient (Wildman–Crippen LogP) is 1.99. The SMILES string of the molecule is C[C@H](NC(=O)O)C(=NS(=O)C(C)(C)C)c1ccccn1. The Morgan fingerprint density at radius 2 is 2.10 bits per heavy atom. The standard InChI is InChI=1S/C13H19N3O3S/c1-9(15-12(17)18)11(10-7-5-6-8-14-10)16-20(19)13(2,3)4/h5-9,15H,1-4H3,(H,17,18)/t9-,20?/m0/s1. The molecule has 2 N–H and O–H groups in total. The van der Waals surface area contributed by atoms with Crippen LogP contribution >= 0.6 is 0 Å². The van der Waals surface area contributed by atoms with Crippen LogP contribution in [-0.2, 0) is 11.0 Å². The number of pyridine rings is 1. The number of hydrogen-bond acceptors (Lipinski definition) is 3. The quantitative estimate of drug-likeness (QED) is 0.831. The van der Waals surface area contributed by atoms with E-state index in [-0.39, 0.29) is 0 Å². The number of hydrogen-bond donors (Lipinski definition) is 2. The summed E-state index contributed by atoms with van der Waals surface area (Å²) in [6, 6.07) is 4.62. The van der Waals surface area contributed by atoms with Gasteiger partial charge in [0.05, 0.1) is 22.2 Å². The van der Waals surface area contributed by atoms with Crippen LogP contribution in [0.2, 0.25) is 0 Å². The highest BCUT2D eigenvalue weighted by Gasteiger charge is 2.23. The van der Waals surface area contributed by atoms with Crippen LogP contribution in [0.3, 0.4) is 0 Å². The number of carboxylic acid groups (broad SMARTS) is 1. The molecule has 1 aromatic rings. The molecule has 0 aliphatic heterocycles. The van der Waals surface area contributed by atoms with Crippen molar-refractivity contribution in [2.75, 3.05) is 0 Å². The number of carbonyl (C=O) groups is 1. The van der Waals surface area contributed by atoms with Gasteiger partial charge in [0.15, 0.2) is 0 Å². The average Bonchev–Trinajstić information content (AvgIpc) is 2.34. The Labute approximate surface area is 120 Å². The number of aromatic nitrogens is 1. The topological polar surface area (TPSA) is 91.6 Å². The lowest BCUT2D eigenvalue weighted by molar-refractivity contribution is 0.193. The summed E-state index contributed by atoms with van der Waals surface area (Å²) in [5.41, 5.74) is 0.868. The van der Waals surface area contributed by atoms with Gasteiger partial charge < -0.3 is 10.4 Å². The molecule has 0 aliphatic carbocycles. The lowest BCUT2D eigenvalue weighted by Gasteiger charge is -2.18. The van der Waals surface area contributed by atoms with Gasteiger partial charge in [-0.15, -0.1) is 0 Å². The third kappa shape index (κ3) is 4.73. The van der Waals surface area contributed by atoms with E-state index in [4.69, 9.17) is 5.11 Å². The molecule has 1 rings (SSSR count). The van der Waals surface area contributed by atoms with Crippen molar-refractivity contribution < 1.29 is 14.1 Å². The summed E-state index contributed by atoms with van der Waals surface area (Å²) < 4.78 is 15.8. The van der Waals surface area contributed by atoms with Crippen molar-refractivity contribution in [3.8, 4) is 0 Å². The number of nitrogens with one attached hydrogen (secondary N) is 1. The Morgan fingerprint density at radius 3 is 2.55 bits per heavy atom. The summed E-state index contributed by atoms with van der Waals surface area (Å²) in [6.45, 7) is 7.05. The van der Waals surface area contributed by atoms with Crippen molar-refractivity contribution in [3.05, 3.63) is 30.1 Å². The van der Waals surface area contributed by atoms with Crippen LogP contribution < -0.4 is 5.32 Å². The summed E-state index contributed by atoms with van der Waals surface area (Å²) >= 11 is 0. The van der Waals surface area contributed by atoms with Crippen molar-refractivity contribution in [1.29, 1.82) is 0 Å². The van der Waals surface area contributed by atoms with Gasteiger partial charge in [-0.2, -0.15) is 4.40 Å². The van der Waals surface area contributed by atoms with Crippen molar-refractivity contribution in [2.45, 2.75) is 38.5 Å². The van der Waals surface area contributed by atoms with E-state index in [0.717, 1.165) is 0 Å². The first kappa shape index (κ1) is 16.3. The fourth-order valence-electron chi connectivity index (χ4n) is 1.34. The van der Waals surface area contributed by atoms with Crippen LogP contribution in [0.5, 0.6) is 0 Å². The zero-order valence-corrected chi connectivity index (χ0v) is 12.8. The minimum Gasteiger partial charge on any atom is -0.465 e. The zero-order valence-electron chi connectivity index (χ0n) is 12.0. The van der Waals surface area contributed by atoms with Crippen LogP contribution in [0.1, 0.15) is 33.4 Å². The maximum atomic E-state index is 12.2. The monoisotopic (exact) mass is 297 g/mol. The first-order valence-electron chi connectivity index (χ1n) is 6.13. The van der Waals surface area contributed by atoms with Crippen LogP contribution in [-0.4, -0.2) is 36.9 Å². The molecule has 20 heavy (non-hydrogen) atoms. The molecule has 0 aromatic carbocycles. The van der Waals surface area contributed by atoms with Gasteiger partial charge in [0.25, 0.3) is 0 Å². The minimum absolute atomic E-state index is 0.362.